The van der Waals surface area contributed by atoms with E-state index in [0.717, 1.165) is 12.4 Å². The predicted molar refractivity (Wildman–Crippen MR) is 75.4 cm³/mol. The van der Waals surface area contributed by atoms with Crippen LogP contribution in [0.25, 0.3) is 0 Å². The van der Waals surface area contributed by atoms with Crippen LogP contribution in [-0.2, 0) is 13.1 Å². The van der Waals surface area contributed by atoms with Crippen LogP contribution in [0.2, 0.25) is 0 Å². The molecule has 0 spiro atoms. The number of aryl methyl sites for hydroxylation is 1. The standard InChI is InChI=1S/C12H14BrN5O/c1-2-18-7-16-17-11(18)6-15-12(19)9-5-8(14)3-4-10(9)13/h3-5,7H,2,6,14H2,1H3,(H,15,19). The van der Waals surface area contributed by atoms with Crippen LogP contribution in [0, 0.1) is 0 Å². The zero-order chi connectivity index (χ0) is 13.8. The number of amides is 1. The van der Waals surface area contributed by atoms with Gasteiger partial charge in [0, 0.05) is 16.7 Å². The van der Waals surface area contributed by atoms with Crippen LogP contribution in [0.15, 0.2) is 29.0 Å². The Morgan fingerprint density at radius 2 is 2.32 bits per heavy atom. The Hall–Kier alpha value is -1.89. The number of hydrogen-bond acceptors (Lipinski definition) is 4. The number of hydrogen-bond donors (Lipinski definition) is 2. The highest BCUT2D eigenvalue weighted by Gasteiger charge is 2.11. The highest BCUT2D eigenvalue weighted by atomic mass is 79.9. The van der Waals surface area contributed by atoms with E-state index in [2.05, 4.69) is 31.4 Å². The minimum Gasteiger partial charge on any atom is -0.399 e. The molecule has 0 aliphatic rings. The van der Waals surface area contributed by atoms with Crippen LogP contribution in [0.5, 0.6) is 0 Å². The molecule has 0 saturated carbocycles. The number of benzene rings is 1. The Balaban J connectivity index is 2.07. The largest absolute Gasteiger partial charge is 0.399 e. The van der Waals surface area contributed by atoms with Crippen LogP contribution in [0.3, 0.4) is 0 Å². The van der Waals surface area contributed by atoms with Crippen molar-refractivity contribution in [2.75, 3.05) is 5.73 Å². The van der Waals surface area contributed by atoms with Gasteiger partial charge in [-0.25, -0.2) is 0 Å². The molecule has 0 radical (unpaired) electrons. The number of rotatable bonds is 4. The summed E-state index contributed by atoms with van der Waals surface area (Å²) < 4.78 is 2.57. The third-order valence-electron chi connectivity index (χ3n) is 2.68. The number of nitrogens with one attached hydrogen (secondary N) is 1. The van der Waals surface area contributed by atoms with Gasteiger partial charge in [0.25, 0.3) is 5.91 Å². The number of anilines is 1. The lowest BCUT2D eigenvalue weighted by Crippen LogP contribution is -2.25. The second-order valence-corrected chi connectivity index (χ2v) is 4.81. The summed E-state index contributed by atoms with van der Waals surface area (Å²) in [7, 11) is 0. The van der Waals surface area contributed by atoms with Gasteiger partial charge in [0.1, 0.15) is 6.33 Å². The van der Waals surface area contributed by atoms with Gasteiger partial charge in [-0.3, -0.25) is 4.79 Å². The maximum absolute atomic E-state index is 12.1. The van der Waals surface area contributed by atoms with Gasteiger partial charge in [0.05, 0.1) is 12.1 Å². The van der Waals surface area contributed by atoms with E-state index >= 15 is 0 Å². The van der Waals surface area contributed by atoms with Gasteiger partial charge in [0.15, 0.2) is 5.82 Å². The first kappa shape index (κ1) is 13.5. The normalized spacial score (nSPS) is 10.4. The van der Waals surface area contributed by atoms with Crippen molar-refractivity contribution in [2.24, 2.45) is 0 Å². The van der Waals surface area contributed by atoms with E-state index in [1.54, 1.807) is 24.5 Å². The van der Waals surface area contributed by atoms with Gasteiger partial charge in [-0.2, -0.15) is 0 Å². The molecule has 0 fully saturated rings. The Labute approximate surface area is 119 Å². The second kappa shape index (κ2) is 5.83. The molecule has 0 atom stereocenters. The lowest BCUT2D eigenvalue weighted by molar-refractivity contribution is 0.0948. The maximum Gasteiger partial charge on any atom is 0.252 e. The average molecular weight is 324 g/mol. The Kier molecular flexibility index (Phi) is 4.16. The van der Waals surface area contributed by atoms with Crippen molar-refractivity contribution in [3.05, 3.63) is 40.4 Å². The molecule has 2 rings (SSSR count). The fourth-order valence-electron chi connectivity index (χ4n) is 1.65. The number of nitrogens with zero attached hydrogens (tertiary/aromatic N) is 3. The van der Waals surface area contributed by atoms with Crippen molar-refractivity contribution in [3.63, 3.8) is 0 Å². The van der Waals surface area contributed by atoms with Crippen molar-refractivity contribution >= 4 is 27.5 Å². The molecule has 0 saturated heterocycles. The topological polar surface area (TPSA) is 85.8 Å². The smallest absolute Gasteiger partial charge is 0.252 e. The van der Waals surface area contributed by atoms with Crippen LogP contribution < -0.4 is 11.1 Å². The number of halogens is 1. The molecule has 7 heteroatoms. The molecule has 6 nitrogen and oxygen atoms in total. The summed E-state index contributed by atoms with van der Waals surface area (Å²) in [6.45, 7) is 3.08. The van der Waals surface area contributed by atoms with Crippen molar-refractivity contribution in [1.82, 2.24) is 20.1 Å². The molecule has 3 N–H and O–H groups in total. The van der Waals surface area contributed by atoms with E-state index < -0.39 is 0 Å². The Morgan fingerprint density at radius 1 is 1.53 bits per heavy atom. The van der Waals surface area contributed by atoms with Gasteiger partial charge in [-0.1, -0.05) is 0 Å². The van der Waals surface area contributed by atoms with E-state index in [-0.39, 0.29) is 5.91 Å². The van der Waals surface area contributed by atoms with E-state index in [1.165, 1.54) is 0 Å². The first-order valence-electron chi connectivity index (χ1n) is 5.81. The first-order chi connectivity index (χ1) is 9.11. The first-order valence-corrected chi connectivity index (χ1v) is 6.61. The summed E-state index contributed by atoms with van der Waals surface area (Å²) in [5.74, 6) is 0.515. The highest BCUT2D eigenvalue weighted by Crippen LogP contribution is 2.19. The minimum absolute atomic E-state index is 0.204. The Morgan fingerprint density at radius 3 is 3.05 bits per heavy atom. The molecule has 19 heavy (non-hydrogen) atoms. The molecule has 1 amide bonds. The second-order valence-electron chi connectivity index (χ2n) is 3.96. The molecule has 100 valence electrons. The Bertz CT molecular complexity index is 596. The zero-order valence-corrected chi connectivity index (χ0v) is 12.0. The van der Waals surface area contributed by atoms with Crippen molar-refractivity contribution in [1.29, 1.82) is 0 Å². The summed E-state index contributed by atoms with van der Waals surface area (Å²) in [5, 5.41) is 10.6. The van der Waals surface area contributed by atoms with Crippen molar-refractivity contribution < 1.29 is 4.79 Å². The lowest BCUT2D eigenvalue weighted by atomic mass is 10.2. The van der Waals surface area contributed by atoms with E-state index in [0.29, 0.717) is 22.3 Å². The number of aromatic nitrogens is 3. The quantitative estimate of drug-likeness (QED) is 0.836. The van der Waals surface area contributed by atoms with Crippen LogP contribution in [0.4, 0.5) is 5.69 Å². The SMILES string of the molecule is CCn1cnnc1CNC(=O)c1cc(N)ccc1Br. The highest BCUT2D eigenvalue weighted by molar-refractivity contribution is 9.10. The summed E-state index contributed by atoms with van der Waals surface area (Å²) >= 11 is 3.33. The molecule has 1 heterocycles. The average Bonchev–Trinajstić information content (AvgIpc) is 2.86. The lowest BCUT2D eigenvalue weighted by Gasteiger charge is -2.08. The number of carbonyl (C=O) groups excluding carboxylic acids is 1. The third kappa shape index (κ3) is 3.11. The molecule has 0 aliphatic carbocycles. The summed E-state index contributed by atoms with van der Waals surface area (Å²) in [6.07, 6.45) is 1.64. The molecule has 0 unspecified atom stereocenters. The van der Waals surface area contributed by atoms with Crippen molar-refractivity contribution in [2.45, 2.75) is 20.0 Å². The fourth-order valence-corrected chi connectivity index (χ4v) is 2.08. The van der Waals surface area contributed by atoms with Gasteiger partial charge >= 0.3 is 0 Å². The molecule has 1 aromatic heterocycles. The summed E-state index contributed by atoms with van der Waals surface area (Å²) in [5.41, 5.74) is 6.72. The molecule has 1 aromatic carbocycles. The van der Waals surface area contributed by atoms with E-state index in [4.69, 9.17) is 5.73 Å². The van der Waals surface area contributed by atoms with Gasteiger partial charge < -0.3 is 15.6 Å². The zero-order valence-electron chi connectivity index (χ0n) is 10.4. The van der Waals surface area contributed by atoms with Gasteiger partial charge in [0.2, 0.25) is 0 Å². The van der Waals surface area contributed by atoms with Crippen LogP contribution >= 0.6 is 15.9 Å². The predicted octanol–water partition coefficient (Wildman–Crippen LogP) is 1.57. The summed E-state index contributed by atoms with van der Waals surface area (Å²) in [4.78, 5) is 12.1. The molecule has 0 bridgehead atoms. The minimum atomic E-state index is -0.204. The third-order valence-corrected chi connectivity index (χ3v) is 3.37. The van der Waals surface area contributed by atoms with E-state index in [9.17, 15) is 4.79 Å². The number of nitrogen functional groups attached to an aromatic ring is 1. The maximum atomic E-state index is 12.1. The molecular formula is C12H14BrN5O. The van der Waals surface area contributed by atoms with Gasteiger partial charge in [-0.05, 0) is 41.1 Å². The molecule has 2 aromatic rings. The van der Waals surface area contributed by atoms with Crippen LogP contribution in [0.1, 0.15) is 23.1 Å². The monoisotopic (exact) mass is 323 g/mol. The number of nitrogens with two attached hydrogens (primary N) is 1. The van der Waals surface area contributed by atoms with Gasteiger partial charge in [-0.15, -0.1) is 10.2 Å². The fraction of sp³-hybridized carbons (Fsp3) is 0.250. The number of carbonyl (C=O) groups is 1. The molecule has 0 aliphatic heterocycles. The molecular weight excluding hydrogens is 310 g/mol. The van der Waals surface area contributed by atoms with Crippen molar-refractivity contribution in [3.8, 4) is 0 Å². The van der Waals surface area contributed by atoms with Crippen LogP contribution in [-0.4, -0.2) is 20.7 Å². The van der Waals surface area contributed by atoms with E-state index in [1.807, 2.05) is 11.5 Å². The summed E-state index contributed by atoms with van der Waals surface area (Å²) in [6, 6.07) is 5.11.